The minimum atomic E-state index is 0.808. The highest BCUT2D eigenvalue weighted by molar-refractivity contribution is 5.54. The molecule has 0 aliphatic carbocycles. The molecule has 1 N–H and O–H groups in total. The maximum absolute atomic E-state index is 3.50. The van der Waals surface area contributed by atoms with E-state index in [9.17, 15) is 0 Å². The Morgan fingerprint density at radius 3 is 3.11 bits per heavy atom. The number of likely N-dealkylation sites (tertiary alicyclic amines) is 1. The number of rotatable bonds is 3. The maximum atomic E-state index is 3.50. The van der Waals surface area contributed by atoms with Crippen LogP contribution in [0.4, 0.5) is 5.69 Å². The molecule has 104 valence electrons. The van der Waals surface area contributed by atoms with Crippen LogP contribution in [0, 0.1) is 0 Å². The Morgan fingerprint density at radius 2 is 2.21 bits per heavy atom. The van der Waals surface area contributed by atoms with Gasteiger partial charge in [-0.1, -0.05) is 25.5 Å². The van der Waals surface area contributed by atoms with Gasteiger partial charge in [0.25, 0.3) is 0 Å². The first kappa shape index (κ1) is 13.0. The molecule has 0 radical (unpaired) electrons. The second-order valence-electron chi connectivity index (χ2n) is 6.05. The predicted octanol–water partition coefficient (Wildman–Crippen LogP) is 3.81. The molecule has 1 fully saturated rings. The molecule has 2 nitrogen and oxygen atoms in total. The smallest absolute Gasteiger partial charge is 0.0372 e. The minimum Gasteiger partial charge on any atom is -0.385 e. The van der Waals surface area contributed by atoms with Crippen molar-refractivity contribution < 1.29 is 0 Å². The summed E-state index contributed by atoms with van der Waals surface area (Å²) in [7, 11) is 0. The van der Waals surface area contributed by atoms with Crippen molar-refractivity contribution in [3.05, 3.63) is 29.3 Å². The molecule has 0 bridgehead atoms. The second kappa shape index (κ2) is 5.96. The lowest BCUT2D eigenvalue weighted by molar-refractivity contribution is 0.136. The van der Waals surface area contributed by atoms with Gasteiger partial charge < -0.3 is 5.32 Å². The van der Waals surface area contributed by atoms with E-state index in [-0.39, 0.29) is 0 Å². The molecule has 0 aromatic heterocycles. The summed E-state index contributed by atoms with van der Waals surface area (Å²) in [6.45, 7) is 5.90. The molecule has 1 saturated heterocycles. The van der Waals surface area contributed by atoms with Crippen LogP contribution in [0.3, 0.4) is 0 Å². The zero-order chi connectivity index (χ0) is 13.1. The van der Waals surface area contributed by atoms with Crippen LogP contribution >= 0.6 is 0 Å². The summed E-state index contributed by atoms with van der Waals surface area (Å²) in [5, 5.41) is 3.50. The van der Waals surface area contributed by atoms with Gasteiger partial charge in [-0.15, -0.1) is 0 Å². The van der Waals surface area contributed by atoms with Gasteiger partial charge in [0.15, 0.2) is 0 Å². The number of nitrogens with zero attached hydrogens (tertiary/aromatic N) is 1. The lowest BCUT2D eigenvalue weighted by Gasteiger charge is -2.35. The highest BCUT2D eigenvalue weighted by Crippen LogP contribution is 2.26. The van der Waals surface area contributed by atoms with Crippen LogP contribution in [-0.4, -0.2) is 24.0 Å². The number of nitrogens with one attached hydrogen (secondary N) is 1. The number of fused-ring (bicyclic) bond motifs is 1. The lowest BCUT2D eigenvalue weighted by Crippen LogP contribution is -2.38. The fourth-order valence-electron chi connectivity index (χ4n) is 3.59. The zero-order valence-corrected chi connectivity index (χ0v) is 12.1. The number of anilines is 1. The number of aryl methyl sites for hydroxylation is 1. The van der Waals surface area contributed by atoms with E-state index in [1.54, 1.807) is 0 Å². The molecular weight excluding hydrogens is 232 g/mol. The molecule has 0 spiro atoms. The van der Waals surface area contributed by atoms with Crippen LogP contribution in [0.5, 0.6) is 0 Å². The van der Waals surface area contributed by atoms with Crippen molar-refractivity contribution in [1.29, 1.82) is 0 Å². The zero-order valence-electron chi connectivity index (χ0n) is 12.1. The molecule has 0 saturated carbocycles. The van der Waals surface area contributed by atoms with Gasteiger partial charge in [0.05, 0.1) is 0 Å². The van der Waals surface area contributed by atoms with E-state index in [0.29, 0.717) is 0 Å². The first-order chi connectivity index (χ1) is 9.36. The predicted molar refractivity (Wildman–Crippen MR) is 81.6 cm³/mol. The molecule has 0 amide bonds. The number of hydrogen-bond donors (Lipinski definition) is 1. The molecule has 2 aliphatic rings. The van der Waals surface area contributed by atoms with E-state index < -0.39 is 0 Å². The van der Waals surface area contributed by atoms with E-state index in [2.05, 4.69) is 35.3 Å². The molecule has 19 heavy (non-hydrogen) atoms. The van der Waals surface area contributed by atoms with Crippen molar-refractivity contribution in [2.24, 2.45) is 0 Å². The minimum absolute atomic E-state index is 0.808. The highest BCUT2D eigenvalue weighted by Gasteiger charge is 2.21. The normalized spacial score (nSPS) is 23.7. The van der Waals surface area contributed by atoms with Crippen molar-refractivity contribution in [2.75, 3.05) is 18.4 Å². The number of benzene rings is 1. The fourth-order valence-corrected chi connectivity index (χ4v) is 3.59. The quantitative estimate of drug-likeness (QED) is 0.887. The topological polar surface area (TPSA) is 15.3 Å². The lowest BCUT2D eigenvalue weighted by atomic mass is 9.97. The van der Waals surface area contributed by atoms with Crippen LogP contribution in [0.2, 0.25) is 0 Å². The summed E-state index contributed by atoms with van der Waals surface area (Å²) >= 11 is 0. The third-order valence-corrected chi connectivity index (χ3v) is 4.71. The third kappa shape index (κ3) is 2.94. The first-order valence-electron chi connectivity index (χ1n) is 7.96. The summed E-state index contributed by atoms with van der Waals surface area (Å²) in [6.07, 6.45) is 8.01. The van der Waals surface area contributed by atoms with Gasteiger partial charge in [-0.25, -0.2) is 0 Å². The van der Waals surface area contributed by atoms with Gasteiger partial charge in [0.2, 0.25) is 0 Å². The van der Waals surface area contributed by atoms with Gasteiger partial charge in [-0.3, -0.25) is 4.90 Å². The maximum Gasteiger partial charge on any atom is 0.0372 e. The Hall–Kier alpha value is -1.02. The number of piperidine rings is 1. The van der Waals surface area contributed by atoms with Gasteiger partial charge >= 0.3 is 0 Å². The molecule has 1 aromatic rings. The third-order valence-electron chi connectivity index (χ3n) is 4.71. The van der Waals surface area contributed by atoms with Crippen LogP contribution < -0.4 is 5.32 Å². The Balaban J connectivity index is 1.71. The first-order valence-corrected chi connectivity index (χ1v) is 7.96. The summed E-state index contributed by atoms with van der Waals surface area (Å²) in [5.41, 5.74) is 4.39. The van der Waals surface area contributed by atoms with Crippen molar-refractivity contribution >= 4 is 5.69 Å². The SMILES string of the molecule is CCC1CCCCN1Cc1ccc2c(c1)CCCN2. The number of hydrogen-bond acceptors (Lipinski definition) is 2. The second-order valence-corrected chi connectivity index (χ2v) is 6.05. The van der Waals surface area contributed by atoms with Crippen LogP contribution in [-0.2, 0) is 13.0 Å². The molecular formula is C17H26N2. The summed E-state index contributed by atoms with van der Waals surface area (Å²) in [6, 6.07) is 7.85. The Kier molecular flexibility index (Phi) is 4.07. The summed E-state index contributed by atoms with van der Waals surface area (Å²) in [4.78, 5) is 2.70. The van der Waals surface area contributed by atoms with Gasteiger partial charge in [0.1, 0.15) is 0 Å². The average molecular weight is 258 g/mol. The van der Waals surface area contributed by atoms with Gasteiger partial charge in [0, 0.05) is 24.8 Å². The van der Waals surface area contributed by atoms with E-state index in [4.69, 9.17) is 0 Å². The largest absolute Gasteiger partial charge is 0.385 e. The monoisotopic (exact) mass is 258 g/mol. The van der Waals surface area contributed by atoms with E-state index >= 15 is 0 Å². The van der Waals surface area contributed by atoms with Crippen LogP contribution in [0.1, 0.15) is 50.2 Å². The standard InChI is InChI=1S/C17H26N2/c1-2-16-7-3-4-11-19(16)13-14-8-9-17-15(12-14)6-5-10-18-17/h8-9,12,16,18H,2-7,10-11,13H2,1H3. The van der Waals surface area contributed by atoms with Crippen molar-refractivity contribution in [1.82, 2.24) is 4.90 Å². The molecule has 2 heteroatoms. The molecule has 2 aliphatic heterocycles. The van der Waals surface area contributed by atoms with E-state index in [1.165, 1.54) is 61.9 Å². The molecule has 1 aromatic carbocycles. The van der Waals surface area contributed by atoms with Crippen molar-refractivity contribution in [2.45, 2.75) is 58.0 Å². The van der Waals surface area contributed by atoms with Gasteiger partial charge in [-0.2, -0.15) is 0 Å². The molecule has 1 unspecified atom stereocenters. The fraction of sp³-hybridized carbons (Fsp3) is 0.647. The van der Waals surface area contributed by atoms with Crippen LogP contribution in [0.15, 0.2) is 18.2 Å². The Labute approximate surface area is 117 Å². The molecule has 3 rings (SSSR count). The highest BCUT2D eigenvalue weighted by atomic mass is 15.2. The Morgan fingerprint density at radius 1 is 1.26 bits per heavy atom. The summed E-state index contributed by atoms with van der Waals surface area (Å²) < 4.78 is 0. The van der Waals surface area contributed by atoms with E-state index in [0.717, 1.165) is 19.1 Å². The van der Waals surface area contributed by atoms with Gasteiger partial charge in [-0.05, 0) is 55.8 Å². The van der Waals surface area contributed by atoms with E-state index in [1.807, 2.05) is 0 Å². The Bertz CT molecular complexity index is 427. The summed E-state index contributed by atoms with van der Waals surface area (Å²) in [5.74, 6) is 0. The van der Waals surface area contributed by atoms with Crippen LogP contribution in [0.25, 0.3) is 0 Å². The van der Waals surface area contributed by atoms with Crippen molar-refractivity contribution in [3.8, 4) is 0 Å². The molecule has 1 atom stereocenters. The molecule has 2 heterocycles. The van der Waals surface area contributed by atoms with Crippen molar-refractivity contribution in [3.63, 3.8) is 0 Å². The average Bonchev–Trinajstić information content (AvgIpc) is 2.48.